The second-order valence-electron chi connectivity index (χ2n) is 7.82. The number of carbonyl (C=O) groups is 4. The van der Waals surface area contributed by atoms with Gasteiger partial charge in [0, 0.05) is 32.4 Å². The van der Waals surface area contributed by atoms with Crippen LogP contribution in [0.25, 0.3) is 0 Å². The van der Waals surface area contributed by atoms with Gasteiger partial charge in [0.25, 0.3) is 5.91 Å². The van der Waals surface area contributed by atoms with Gasteiger partial charge in [-0.15, -0.1) is 0 Å². The number of rotatable bonds is 3. The zero-order chi connectivity index (χ0) is 19.9. The topological polar surface area (TPSA) is 105 Å². The van der Waals surface area contributed by atoms with Gasteiger partial charge in [-0.05, 0) is 25.5 Å². The summed E-state index contributed by atoms with van der Waals surface area (Å²) in [6.45, 7) is 2.97. The van der Waals surface area contributed by atoms with Crippen molar-refractivity contribution in [3.63, 3.8) is 0 Å². The van der Waals surface area contributed by atoms with Crippen LogP contribution in [0.15, 0.2) is 18.2 Å². The molecule has 3 heterocycles. The Bertz CT molecular complexity index is 857. The molecule has 1 aromatic carbocycles. The summed E-state index contributed by atoms with van der Waals surface area (Å²) in [4.78, 5) is 49.5. The predicted octanol–water partition coefficient (Wildman–Crippen LogP) is 1.31. The number of nitrogens with one attached hydrogen (secondary N) is 2. The Morgan fingerprint density at radius 2 is 2.00 bits per heavy atom. The summed E-state index contributed by atoms with van der Waals surface area (Å²) in [5, 5.41) is 4.66. The second kappa shape index (κ2) is 6.92. The summed E-state index contributed by atoms with van der Waals surface area (Å²) in [7, 11) is 0. The third-order valence-electron chi connectivity index (χ3n) is 5.78. The van der Waals surface area contributed by atoms with Crippen LogP contribution in [0.2, 0.25) is 0 Å². The Morgan fingerprint density at radius 1 is 1.25 bits per heavy atom. The van der Waals surface area contributed by atoms with Crippen molar-refractivity contribution in [3.05, 3.63) is 29.3 Å². The molecule has 0 aliphatic carbocycles. The summed E-state index contributed by atoms with van der Waals surface area (Å²) in [5.41, 5.74) is 1.12. The maximum absolute atomic E-state index is 12.6. The summed E-state index contributed by atoms with van der Waals surface area (Å²) >= 11 is 0. The summed E-state index contributed by atoms with van der Waals surface area (Å²) in [6.07, 6.45) is 1.99. The van der Waals surface area contributed by atoms with E-state index in [4.69, 9.17) is 4.74 Å². The number of hydrogen-bond acceptors (Lipinski definition) is 5. The molecule has 28 heavy (non-hydrogen) atoms. The lowest BCUT2D eigenvalue weighted by Crippen LogP contribution is -2.52. The van der Waals surface area contributed by atoms with Crippen molar-refractivity contribution < 1.29 is 23.9 Å². The molecular weight excluding hydrogens is 362 g/mol. The van der Waals surface area contributed by atoms with Gasteiger partial charge in [-0.1, -0.05) is 11.6 Å². The number of amides is 4. The highest BCUT2D eigenvalue weighted by molar-refractivity contribution is 6.04. The number of benzene rings is 1. The van der Waals surface area contributed by atoms with E-state index in [1.165, 1.54) is 0 Å². The first-order valence-corrected chi connectivity index (χ1v) is 9.57. The number of carbonyl (C=O) groups excluding carboxylic acids is 4. The Balaban J connectivity index is 1.34. The minimum Gasteiger partial charge on any atom is -0.486 e. The van der Waals surface area contributed by atoms with Crippen LogP contribution in [0.4, 0.5) is 4.79 Å². The number of aryl methyl sites for hydroxylation is 1. The second-order valence-corrected chi connectivity index (χ2v) is 7.82. The molecule has 1 aromatic rings. The van der Waals surface area contributed by atoms with E-state index in [0.29, 0.717) is 43.7 Å². The number of ketones is 1. The molecule has 2 fully saturated rings. The van der Waals surface area contributed by atoms with Gasteiger partial charge in [-0.25, -0.2) is 4.79 Å². The fourth-order valence-electron chi connectivity index (χ4n) is 4.14. The van der Waals surface area contributed by atoms with E-state index in [2.05, 4.69) is 10.6 Å². The number of Topliss-reactive ketones (excluding diaryl/α,β-unsaturated/α-hetero) is 1. The molecule has 0 aromatic heterocycles. The van der Waals surface area contributed by atoms with Gasteiger partial charge >= 0.3 is 6.03 Å². The van der Waals surface area contributed by atoms with Crippen molar-refractivity contribution in [2.24, 2.45) is 0 Å². The molecule has 2 N–H and O–H groups in total. The number of ether oxygens (including phenoxy) is 1. The zero-order valence-corrected chi connectivity index (χ0v) is 15.7. The van der Waals surface area contributed by atoms with Crippen LogP contribution in [-0.4, -0.2) is 53.3 Å². The average molecular weight is 385 g/mol. The standard InChI is InChI=1S/C20H23N3O5/c1-12-2-4-16-13(10-12)15(24)11-20(28-16)6-8-23(9-7-20)17(25)5-3-14-18(26)22-19(27)21-14/h2,4,10,14H,3,5-9,11H2,1H3,(H2,21,22,26,27)/t14-/m1/s1. The average Bonchev–Trinajstić information content (AvgIpc) is 2.98. The third-order valence-corrected chi connectivity index (χ3v) is 5.78. The molecule has 1 spiro atoms. The summed E-state index contributed by atoms with van der Waals surface area (Å²) in [6, 6.07) is 4.48. The van der Waals surface area contributed by atoms with Crippen LogP contribution in [0.3, 0.4) is 0 Å². The van der Waals surface area contributed by atoms with Crippen LogP contribution < -0.4 is 15.4 Å². The maximum Gasteiger partial charge on any atom is 0.322 e. The summed E-state index contributed by atoms with van der Waals surface area (Å²) in [5.74, 6) is 0.276. The molecule has 1 atom stereocenters. The van der Waals surface area contributed by atoms with Gasteiger partial charge in [0.05, 0.1) is 12.0 Å². The monoisotopic (exact) mass is 385 g/mol. The molecule has 0 unspecified atom stereocenters. The fourth-order valence-corrected chi connectivity index (χ4v) is 4.14. The van der Waals surface area contributed by atoms with Crippen LogP contribution in [0, 0.1) is 6.92 Å². The van der Waals surface area contributed by atoms with E-state index >= 15 is 0 Å². The van der Waals surface area contributed by atoms with Crippen LogP contribution in [0.5, 0.6) is 5.75 Å². The van der Waals surface area contributed by atoms with Crippen LogP contribution >= 0.6 is 0 Å². The predicted molar refractivity (Wildman–Crippen MR) is 99.0 cm³/mol. The maximum atomic E-state index is 12.6. The zero-order valence-electron chi connectivity index (χ0n) is 15.7. The first kappa shape index (κ1) is 18.5. The number of urea groups is 1. The Morgan fingerprint density at radius 3 is 2.68 bits per heavy atom. The van der Waals surface area contributed by atoms with Crippen molar-refractivity contribution in [2.75, 3.05) is 13.1 Å². The highest BCUT2D eigenvalue weighted by Crippen LogP contribution is 2.39. The SMILES string of the molecule is Cc1ccc2c(c1)C(=O)CC1(CCN(C(=O)CC[C@H]3NC(=O)NC3=O)CC1)O2. The van der Waals surface area contributed by atoms with Crippen molar-refractivity contribution in [3.8, 4) is 5.75 Å². The fraction of sp³-hybridized carbons (Fsp3) is 0.500. The number of likely N-dealkylation sites (tertiary alicyclic amines) is 1. The normalized spacial score (nSPS) is 23.1. The minimum atomic E-state index is -0.646. The van der Waals surface area contributed by atoms with Gasteiger partial charge in [-0.2, -0.15) is 0 Å². The number of fused-ring (bicyclic) bond motifs is 1. The van der Waals surface area contributed by atoms with Gasteiger partial charge in [0.1, 0.15) is 17.4 Å². The molecular formula is C20H23N3O5. The van der Waals surface area contributed by atoms with E-state index in [0.717, 1.165) is 5.56 Å². The van der Waals surface area contributed by atoms with Gasteiger partial charge < -0.3 is 15.0 Å². The first-order chi connectivity index (χ1) is 13.3. The third kappa shape index (κ3) is 3.46. The lowest BCUT2D eigenvalue weighted by atomic mass is 9.82. The summed E-state index contributed by atoms with van der Waals surface area (Å²) < 4.78 is 6.22. The molecule has 3 aliphatic heterocycles. The minimum absolute atomic E-state index is 0.0537. The van der Waals surface area contributed by atoms with Crippen LogP contribution in [0.1, 0.15) is 48.0 Å². The van der Waals surface area contributed by atoms with Crippen molar-refractivity contribution >= 4 is 23.6 Å². The first-order valence-electron chi connectivity index (χ1n) is 9.57. The van der Waals surface area contributed by atoms with E-state index < -0.39 is 23.6 Å². The molecule has 0 radical (unpaired) electrons. The molecule has 0 saturated carbocycles. The quantitative estimate of drug-likeness (QED) is 0.764. The number of hydrogen-bond donors (Lipinski definition) is 2. The largest absolute Gasteiger partial charge is 0.486 e. The molecule has 4 rings (SSSR count). The molecule has 8 nitrogen and oxygen atoms in total. The molecule has 148 valence electrons. The van der Waals surface area contributed by atoms with Crippen molar-refractivity contribution in [2.45, 2.75) is 50.7 Å². The van der Waals surface area contributed by atoms with Gasteiger partial charge in [0.15, 0.2) is 5.78 Å². The smallest absolute Gasteiger partial charge is 0.322 e. The van der Waals surface area contributed by atoms with Gasteiger partial charge in [0.2, 0.25) is 5.91 Å². The molecule has 8 heteroatoms. The van der Waals surface area contributed by atoms with E-state index in [1.807, 2.05) is 25.1 Å². The van der Waals surface area contributed by atoms with Crippen molar-refractivity contribution in [1.82, 2.24) is 15.5 Å². The highest BCUT2D eigenvalue weighted by atomic mass is 16.5. The Hall–Kier alpha value is -2.90. The van der Waals surface area contributed by atoms with E-state index in [-0.39, 0.29) is 24.5 Å². The van der Waals surface area contributed by atoms with Crippen LogP contribution in [-0.2, 0) is 9.59 Å². The van der Waals surface area contributed by atoms with Crippen molar-refractivity contribution in [1.29, 1.82) is 0 Å². The van der Waals surface area contributed by atoms with E-state index in [1.54, 1.807) is 4.90 Å². The Kier molecular flexibility index (Phi) is 4.56. The molecule has 4 amide bonds. The number of nitrogens with zero attached hydrogens (tertiary/aromatic N) is 1. The number of piperidine rings is 1. The van der Waals surface area contributed by atoms with Gasteiger partial charge in [-0.3, -0.25) is 19.7 Å². The Labute approximate surface area is 162 Å². The molecule has 3 aliphatic rings. The number of imide groups is 1. The molecule has 2 saturated heterocycles. The lowest BCUT2D eigenvalue weighted by Gasteiger charge is -2.44. The van der Waals surface area contributed by atoms with E-state index in [9.17, 15) is 19.2 Å². The highest BCUT2D eigenvalue weighted by Gasteiger charge is 2.43. The lowest BCUT2D eigenvalue weighted by molar-refractivity contribution is -0.135. The molecule has 0 bridgehead atoms.